The average Bonchev–Trinajstić information content (AvgIpc) is 2.71. The lowest BCUT2D eigenvalue weighted by atomic mass is 10.1. The molecule has 76 valence electrons. The van der Waals surface area contributed by atoms with E-state index >= 15 is 0 Å². The highest BCUT2D eigenvalue weighted by Crippen LogP contribution is 2.10. The molecule has 0 spiro atoms. The molecule has 0 aliphatic heterocycles. The van der Waals surface area contributed by atoms with E-state index in [0.717, 1.165) is 16.3 Å². The van der Waals surface area contributed by atoms with E-state index in [9.17, 15) is 0 Å². The number of benzene rings is 1. The van der Waals surface area contributed by atoms with Gasteiger partial charge in [-0.05, 0) is 24.6 Å². The van der Waals surface area contributed by atoms with Crippen molar-refractivity contribution in [2.75, 3.05) is 0 Å². The Balaban J connectivity index is 2.28. The van der Waals surface area contributed by atoms with Crippen LogP contribution < -0.4 is 0 Å². The highest BCUT2D eigenvalue weighted by atomic mass is 35.5. The zero-order chi connectivity index (χ0) is 10.7. The lowest BCUT2D eigenvalue weighted by Gasteiger charge is -2.00. The molecular formula is C10H9ClN4. The summed E-state index contributed by atoms with van der Waals surface area (Å²) in [6.07, 6.45) is 3.08. The molecule has 1 aromatic carbocycles. The van der Waals surface area contributed by atoms with Gasteiger partial charge < -0.3 is 0 Å². The molecule has 15 heavy (non-hydrogen) atoms. The van der Waals surface area contributed by atoms with Crippen molar-refractivity contribution in [1.82, 2.24) is 14.9 Å². The molecule has 2 aromatic rings. The van der Waals surface area contributed by atoms with Crippen LogP contribution in [0.5, 0.6) is 0 Å². The van der Waals surface area contributed by atoms with Crippen molar-refractivity contribution in [3.05, 3.63) is 47.5 Å². The van der Waals surface area contributed by atoms with Crippen LogP contribution in [0.4, 0.5) is 0 Å². The second kappa shape index (κ2) is 4.23. The first-order chi connectivity index (χ1) is 7.25. The summed E-state index contributed by atoms with van der Waals surface area (Å²) in [5.41, 5.74) is 1.90. The van der Waals surface area contributed by atoms with E-state index in [-0.39, 0.29) is 0 Å². The number of aromatic nitrogens is 3. The van der Waals surface area contributed by atoms with Crippen molar-refractivity contribution in [2.45, 2.75) is 6.92 Å². The molecule has 1 heterocycles. The monoisotopic (exact) mass is 220 g/mol. The van der Waals surface area contributed by atoms with Crippen molar-refractivity contribution >= 4 is 17.3 Å². The normalized spacial score (nSPS) is 11.7. The number of nitrogens with zero attached hydrogens (tertiary/aromatic N) is 4. The van der Waals surface area contributed by atoms with Gasteiger partial charge in [-0.25, -0.2) is 4.68 Å². The van der Waals surface area contributed by atoms with Gasteiger partial charge in [0.05, 0.1) is 5.71 Å². The van der Waals surface area contributed by atoms with E-state index in [0.29, 0.717) is 0 Å². The third-order valence-electron chi connectivity index (χ3n) is 1.93. The maximum absolute atomic E-state index is 5.79. The molecule has 0 saturated heterocycles. The minimum absolute atomic E-state index is 0.718. The van der Waals surface area contributed by atoms with Crippen LogP contribution in [0.1, 0.15) is 12.5 Å². The predicted molar refractivity (Wildman–Crippen MR) is 59.1 cm³/mol. The Bertz CT molecular complexity index is 459. The Morgan fingerprint density at radius 2 is 1.80 bits per heavy atom. The van der Waals surface area contributed by atoms with Gasteiger partial charge in [0.2, 0.25) is 0 Å². The van der Waals surface area contributed by atoms with E-state index in [2.05, 4.69) is 15.3 Å². The Labute approximate surface area is 92.2 Å². The fourth-order valence-electron chi connectivity index (χ4n) is 1.17. The van der Waals surface area contributed by atoms with Crippen LogP contribution in [0.15, 0.2) is 42.0 Å². The smallest absolute Gasteiger partial charge is 0.141 e. The van der Waals surface area contributed by atoms with Gasteiger partial charge in [-0.3, -0.25) is 0 Å². The predicted octanol–water partition coefficient (Wildman–Crippen LogP) is 2.20. The Morgan fingerprint density at radius 1 is 1.20 bits per heavy atom. The second-order valence-electron chi connectivity index (χ2n) is 3.03. The van der Waals surface area contributed by atoms with Crippen LogP contribution in [0.25, 0.3) is 0 Å². The van der Waals surface area contributed by atoms with Gasteiger partial charge >= 0.3 is 0 Å². The Hall–Kier alpha value is -1.68. The van der Waals surface area contributed by atoms with E-state index < -0.39 is 0 Å². The third kappa shape index (κ3) is 2.41. The number of hydrogen-bond donors (Lipinski definition) is 0. The summed E-state index contributed by atoms with van der Waals surface area (Å²) in [6, 6.07) is 7.52. The van der Waals surface area contributed by atoms with E-state index in [1.807, 2.05) is 31.2 Å². The summed E-state index contributed by atoms with van der Waals surface area (Å²) in [4.78, 5) is 0. The van der Waals surface area contributed by atoms with Gasteiger partial charge in [-0.2, -0.15) is 5.10 Å². The number of halogens is 1. The van der Waals surface area contributed by atoms with Crippen molar-refractivity contribution in [3.63, 3.8) is 0 Å². The molecule has 0 aliphatic carbocycles. The largest absolute Gasteiger partial charge is 0.207 e. The second-order valence-corrected chi connectivity index (χ2v) is 3.47. The molecule has 0 unspecified atom stereocenters. The van der Waals surface area contributed by atoms with Gasteiger partial charge in [0.15, 0.2) is 0 Å². The number of rotatable bonds is 2. The van der Waals surface area contributed by atoms with Crippen molar-refractivity contribution < 1.29 is 0 Å². The minimum Gasteiger partial charge on any atom is -0.207 e. The summed E-state index contributed by atoms with van der Waals surface area (Å²) < 4.78 is 1.56. The molecule has 0 atom stereocenters. The molecule has 0 aliphatic rings. The maximum atomic E-state index is 5.79. The van der Waals surface area contributed by atoms with Crippen LogP contribution in [-0.4, -0.2) is 20.6 Å². The van der Waals surface area contributed by atoms with E-state index in [1.165, 1.54) is 0 Å². The molecule has 0 N–H and O–H groups in total. The summed E-state index contributed by atoms with van der Waals surface area (Å²) in [6.45, 7) is 1.92. The molecule has 0 fully saturated rings. The minimum atomic E-state index is 0.718. The van der Waals surface area contributed by atoms with Crippen molar-refractivity contribution in [1.29, 1.82) is 0 Å². The maximum Gasteiger partial charge on any atom is 0.141 e. The highest BCUT2D eigenvalue weighted by molar-refractivity contribution is 6.30. The molecule has 2 rings (SSSR count). The van der Waals surface area contributed by atoms with Gasteiger partial charge in [0, 0.05) is 5.02 Å². The van der Waals surface area contributed by atoms with Crippen molar-refractivity contribution in [2.24, 2.45) is 5.10 Å². The van der Waals surface area contributed by atoms with Crippen LogP contribution in [0.2, 0.25) is 5.02 Å². The average molecular weight is 221 g/mol. The van der Waals surface area contributed by atoms with Crippen LogP contribution in [-0.2, 0) is 0 Å². The van der Waals surface area contributed by atoms with Crippen molar-refractivity contribution in [3.8, 4) is 0 Å². The zero-order valence-electron chi connectivity index (χ0n) is 8.13. The standard InChI is InChI=1S/C10H9ClN4/c1-8(14-15-6-12-13-7-15)9-2-4-10(11)5-3-9/h2-7H,1H3. The quantitative estimate of drug-likeness (QED) is 0.729. The van der Waals surface area contributed by atoms with E-state index in [4.69, 9.17) is 11.6 Å². The summed E-state index contributed by atoms with van der Waals surface area (Å²) >= 11 is 5.79. The SMILES string of the molecule is CC(=Nn1cnnc1)c1ccc(Cl)cc1. The first-order valence-electron chi connectivity index (χ1n) is 4.42. The van der Waals surface area contributed by atoms with Gasteiger partial charge in [0.1, 0.15) is 12.7 Å². The topological polar surface area (TPSA) is 43.1 Å². The molecule has 0 radical (unpaired) electrons. The Kier molecular flexibility index (Phi) is 2.78. The first kappa shape index (κ1) is 9.86. The van der Waals surface area contributed by atoms with Gasteiger partial charge in [-0.1, -0.05) is 23.7 Å². The third-order valence-corrected chi connectivity index (χ3v) is 2.19. The highest BCUT2D eigenvalue weighted by Gasteiger charge is 1.97. The van der Waals surface area contributed by atoms with Gasteiger partial charge in [-0.15, -0.1) is 10.2 Å². The van der Waals surface area contributed by atoms with Crippen LogP contribution in [0.3, 0.4) is 0 Å². The number of hydrogen-bond acceptors (Lipinski definition) is 3. The molecule has 5 heteroatoms. The summed E-state index contributed by atoms with van der Waals surface area (Å²) in [5, 5.41) is 12.3. The van der Waals surface area contributed by atoms with Crippen LogP contribution in [0, 0.1) is 0 Å². The lowest BCUT2D eigenvalue weighted by Crippen LogP contribution is -1.97. The fourth-order valence-corrected chi connectivity index (χ4v) is 1.29. The molecule has 1 aromatic heterocycles. The molecule has 0 amide bonds. The molecular weight excluding hydrogens is 212 g/mol. The molecule has 0 saturated carbocycles. The van der Waals surface area contributed by atoms with Crippen LogP contribution >= 0.6 is 11.6 Å². The lowest BCUT2D eigenvalue weighted by molar-refractivity contribution is 0.871. The first-order valence-corrected chi connectivity index (χ1v) is 4.79. The van der Waals surface area contributed by atoms with E-state index in [1.54, 1.807) is 17.3 Å². The molecule has 0 bridgehead atoms. The summed E-state index contributed by atoms with van der Waals surface area (Å²) in [7, 11) is 0. The Morgan fingerprint density at radius 3 is 2.40 bits per heavy atom. The molecule has 4 nitrogen and oxygen atoms in total. The zero-order valence-corrected chi connectivity index (χ0v) is 8.89. The van der Waals surface area contributed by atoms with Gasteiger partial charge in [0.25, 0.3) is 0 Å². The summed E-state index contributed by atoms with van der Waals surface area (Å²) in [5.74, 6) is 0. The fraction of sp³-hybridized carbons (Fsp3) is 0.100.